The summed E-state index contributed by atoms with van der Waals surface area (Å²) in [7, 11) is 3.55. The van der Waals surface area contributed by atoms with Crippen molar-refractivity contribution in [2.45, 2.75) is 6.92 Å². The molecule has 0 aliphatic carbocycles. The molecule has 9 heteroatoms. The molecule has 0 spiro atoms. The number of ether oxygens (including phenoxy) is 1. The van der Waals surface area contributed by atoms with E-state index in [4.69, 9.17) is 10.1 Å². The summed E-state index contributed by atoms with van der Waals surface area (Å²) in [5.41, 5.74) is 3.00. The molecule has 4 rings (SSSR count). The first kappa shape index (κ1) is 23.4. The lowest BCUT2D eigenvalue weighted by Gasteiger charge is -2.08. The van der Waals surface area contributed by atoms with Crippen molar-refractivity contribution in [1.29, 1.82) is 5.41 Å². The highest BCUT2D eigenvalue weighted by Gasteiger charge is 2.19. The average molecular weight is 480 g/mol. The first-order valence-electron chi connectivity index (χ1n) is 10.5. The van der Waals surface area contributed by atoms with Gasteiger partial charge in [-0.3, -0.25) is 19.6 Å². The van der Waals surface area contributed by atoms with Gasteiger partial charge in [0.05, 0.1) is 22.9 Å². The zero-order valence-corrected chi connectivity index (χ0v) is 19.7. The number of halogens is 1. The zero-order valence-electron chi connectivity index (χ0n) is 18.8. The molecule has 0 bridgehead atoms. The summed E-state index contributed by atoms with van der Waals surface area (Å²) in [6.07, 6.45) is 0. The Morgan fingerprint density at radius 1 is 1.03 bits per heavy atom. The molecular formula is C25H22FN3O4S. The third-order valence-electron chi connectivity index (χ3n) is 5.62. The van der Waals surface area contributed by atoms with Crippen molar-refractivity contribution in [3.8, 4) is 11.1 Å². The number of ketones is 1. The van der Waals surface area contributed by atoms with Crippen LogP contribution in [0.25, 0.3) is 33.1 Å². The topological polar surface area (TPSA) is 94.2 Å². The second kappa shape index (κ2) is 9.26. The van der Waals surface area contributed by atoms with Crippen molar-refractivity contribution in [3.05, 3.63) is 70.3 Å². The number of carbonyl (C=O) groups is 2. The first-order valence-corrected chi connectivity index (χ1v) is 11.5. The maximum atomic E-state index is 13.4. The summed E-state index contributed by atoms with van der Waals surface area (Å²) >= 11 is 0.955. The molecule has 0 unspecified atom stereocenters. The van der Waals surface area contributed by atoms with E-state index in [2.05, 4.69) is 0 Å². The Hall–Kier alpha value is -3.72. The van der Waals surface area contributed by atoms with Gasteiger partial charge in [0.25, 0.3) is 5.56 Å². The largest absolute Gasteiger partial charge is 0.460 e. The van der Waals surface area contributed by atoms with E-state index in [1.807, 2.05) is 23.7 Å². The van der Waals surface area contributed by atoms with Gasteiger partial charge in [-0.2, -0.15) is 0 Å². The number of nitrogens with one attached hydrogen (secondary N) is 1. The van der Waals surface area contributed by atoms with Gasteiger partial charge in [-0.05, 0) is 42.8 Å². The van der Waals surface area contributed by atoms with Gasteiger partial charge in [0.2, 0.25) is 5.78 Å². The van der Waals surface area contributed by atoms with Gasteiger partial charge in [0, 0.05) is 36.0 Å². The normalized spacial score (nSPS) is 11.2. The van der Waals surface area contributed by atoms with E-state index >= 15 is 0 Å². The number of hydrogen-bond donors (Lipinski definition) is 1. The van der Waals surface area contributed by atoms with Gasteiger partial charge in [-0.15, -0.1) is 0 Å². The number of benzene rings is 2. The molecule has 2 aromatic heterocycles. The number of hydrogen-bond acceptors (Lipinski definition) is 6. The van der Waals surface area contributed by atoms with Gasteiger partial charge in [-0.1, -0.05) is 30.0 Å². The Morgan fingerprint density at radius 3 is 2.41 bits per heavy atom. The first-order chi connectivity index (χ1) is 16.2. The van der Waals surface area contributed by atoms with Crippen LogP contribution in [-0.2, 0) is 28.4 Å². The predicted octanol–water partition coefficient (Wildman–Crippen LogP) is 4.03. The molecule has 174 valence electrons. The van der Waals surface area contributed by atoms with Crippen LogP contribution in [0.1, 0.15) is 12.5 Å². The molecule has 34 heavy (non-hydrogen) atoms. The second-order valence-corrected chi connectivity index (χ2v) is 8.70. The van der Waals surface area contributed by atoms with E-state index in [-0.39, 0.29) is 28.8 Å². The fourth-order valence-corrected chi connectivity index (χ4v) is 4.65. The highest BCUT2D eigenvalue weighted by molar-refractivity contribution is 8.14. The molecule has 0 atom stereocenters. The van der Waals surface area contributed by atoms with Crippen LogP contribution in [0.3, 0.4) is 0 Å². The van der Waals surface area contributed by atoms with E-state index < -0.39 is 11.8 Å². The number of fused-ring (bicyclic) bond motifs is 3. The van der Waals surface area contributed by atoms with Crippen LogP contribution in [0, 0.1) is 11.2 Å². The van der Waals surface area contributed by atoms with Crippen LogP contribution >= 0.6 is 11.8 Å². The SMILES string of the molecule is CCOC(=O)C(=O)CSC(=N)c1ccc2c(c1)c1cc(-c3ccc(F)cc3)c(=O)n(C)c1n2C. The van der Waals surface area contributed by atoms with Gasteiger partial charge in [-0.25, -0.2) is 9.18 Å². The number of Topliss-reactive ketones (excluding diaryl/α,β-unsaturated/α-hetero) is 1. The molecular weight excluding hydrogens is 457 g/mol. The zero-order chi connectivity index (χ0) is 24.6. The fourth-order valence-electron chi connectivity index (χ4n) is 3.96. The van der Waals surface area contributed by atoms with E-state index in [1.165, 1.54) is 12.1 Å². The minimum absolute atomic E-state index is 0.118. The van der Waals surface area contributed by atoms with Crippen LogP contribution in [0.15, 0.2) is 53.3 Å². The lowest BCUT2D eigenvalue weighted by molar-refractivity contribution is -0.152. The van der Waals surface area contributed by atoms with E-state index in [0.29, 0.717) is 22.3 Å². The Kier molecular flexibility index (Phi) is 6.39. The maximum absolute atomic E-state index is 13.4. The lowest BCUT2D eigenvalue weighted by atomic mass is 10.0. The minimum atomic E-state index is -0.901. The van der Waals surface area contributed by atoms with Crippen LogP contribution in [0.2, 0.25) is 0 Å². The molecule has 0 amide bonds. The molecule has 2 aromatic carbocycles. The molecule has 0 saturated carbocycles. The lowest BCUT2D eigenvalue weighted by Crippen LogP contribution is -2.20. The summed E-state index contributed by atoms with van der Waals surface area (Å²) in [6.45, 7) is 1.74. The number of pyridine rings is 1. The third-order valence-corrected chi connectivity index (χ3v) is 6.55. The van der Waals surface area contributed by atoms with Crippen molar-refractivity contribution >= 4 is 50.5 Å². The van der Waals surface area contributed by atoms with Gasteiger partial charge < -0.3 is 9.30 Å². The number of aryl methyl sites for hydroxylation is 2. The Bertz CT molecular complexity index is 1520. The summed E-state index contributed by atoms with van der Waals surface area (Å²) in [5.74, 6) is -2.16. The monoisotopic (exact) mass is 479 g/mol. The van der Waals surface area contributed by atoms with Crippen LogP contribution in [0.4, 0.5) is 4.39 Å². The Labute approximate surface area is 198 Å². The number of carbonyl (C=O) groups excluding carboxylic acids is 2. The minimum Gasteiger partial charge on any atom is -0.460 e. The number of thioether (sulfide) groups is 1. The second-order valence-electron chi connectivity index (χ2n) is 7.72. The molecule has 4 aromatic rings. The van der Waals surface area contributed by atoms with Crippen LogP contribution in [-0.4, -0.2) is 38.3 Å². The average Bonchev–Trinajstić information content (AvgIpc) is 3.11. The molecule has 7 nitrogen and oxygen atoms in total. The van der Waals surface area contributed by atoms with E-state index in [9.17, 15) is 18.8 Å². The van der Waals surface area contributed by atoms with E-state index in [0.717, 1.165) is 28.1 Å². The molecule has 0 fully saturated rings. The molecule has 0 saturated heterocycles. The Morgan fingerprint density at radius 2 is 1.74 bits per heavy atom. The molecule has 0 radical (unpaired) electrons. The Balaban J connectivity index is 1.77. The molecule has 0 aliphatic heterocycles. The highest BCUT2D eigenvalue weighted by atomic mass is 32.2. The third kappa shape index (κ3) is 4.14. The maximum Gasteiger partial charge on any atom is 0.375 e. The standard InChI is InChI=1S/C25H22FN3O4S/c1-4-33-25(32)21(30)13-34-22(27)15-7-10-20-18(11-15)19-12-17(14-5-8-16(26)9-6-14)24(31)29(3)23(19)28(20)2/h5-12,27H,4,13H2,1-3H3. The van der Waals surface area contributed by atoms with Crippen molar-refractivity contribution in [3.63, 3.8) is 0 Å². The fraction of sp³-hybridized carbons (Fsp3) is 0.200. The number of aromatic nitrogens is 2. The summed E-state index contributed by atoms with van der Waals surface area (Å²) in [6, 6.07) is 13.0. The summed E-state index contributed by atoms with van der Waals surface area (Å²) in [5, 5.41) is 10.2. The quantitative estimate of drug-likeness (QED) is 0.195. The van der Waals surface area contributed by atoms with Gasteiger partial charge >= 0.3 is 5.97 Å². The highest BCUT2D eigenvalue weighted by Crippen LogP contribution is 2.31. The number of nitrogens with zero attached hydrogens (tertiary/aromatic N) is 2. The van der Waals surface area contributed by atoms with Crippen LogP contribution in [0.5, 0.6) is 0 Å². The summed E-state index contributed by atoms with van der Waals surface area (Å²) < 4.78 is 21.6. The predicted molar refractivity (Wildman–Crippen MR) is 132 cm³/mol. The number of rotatable bonds is 6. The van der Waals surface area contributed by atoms with Crippen molar-refractivity contribution in [2.75, 3.05) is 12.4 Å². The van der Waals surface area contributed by atoms with Crippen molar-refractivity contribution in [2.24, 2.45) is 14.1 Å². The molecule has 1 N–H and O–H groups in total. The van der Waals surface area contributed by atoms with Crippen molar-refractivity contribution in [1.82, 2.24) is 9.13 Å². The van der Waals surface area contributed by atoms with Gasteiger partial charge in [0.1, 0.15) is 11.5 Å². The van der Waals surface area contributed by atoms with Crippen LogP contribution < -0.4 is 5.56 Å². The smallest absolute Gasteiger partial charge is 0.375 e. The summed E-state index contributed by atoms with van der Waals surface area (Å²) in [4.78, 5) is 36.5. The molecule has 0 aliphatic rings. The van der Waals surface area contributed by atoms with Gasteiger partial charge in [0.15, 0.2) is 0 Å². The van der Waals surface area contributed by atoms with Crippen molar-refractivity contribution < 1.29 is 18.7 Å². The van der Waals surface area contributed by atoms with E-state index in [1.54, 1.807) is 42.8 Å². The molecule has 2 heterocycles. The number of esters is 1.